The van der Waals surface area contributed by atoms with E-state index in [0.717, 1.165) is 12.2 Å². The van der Waals surface area contributed by atoms with Crippen LogP contribution in [0.5, 0.6) is 0 Å². The molecule has 0 spiro atoms. The van der Waals surface area contributed by atoms with Crippen molar-refractivity contribution in [3.05, 3.63) is 16.4 Å². The molecule has 0 aliphatic heterocycles. The maximum atomic E-state index is 12.3. The quantitative estimate of drug-likeness (QED) is 0.878. The number of halogens is 1. The highest BCUT2D eigenvalue weighted by atomic mass is 35.5. The van der Waals surface area contributed by atoms with Gasteiger partial charge in [-0.15, -0.1) is 0 Å². The molecule has 0 aliphatic carbocycles. The van der Waals surface area contributed by atoms with Gasteiger partial charge in [-0.25, -0.2) is 0 Å². The number of rotatable bonds is 6. The van der Waals surface area contributed by atoms with Crippen LogP contribution in [0.1, 0.15) is 50.8 Å². The average Bonchev–Trinajstić information content (AvgIpc) is 2.63. The largest absolute Gasteiger partial charge is 0.347 e. The van der Waals surface area contributed by atoms with Crippen molar-refractivity contribution < 1.29 is 4.79 Å². The van der Waals surface area contributed by atoms with E-state index in [-0.39, 0.29) is 11.9 Å². The van der Waals surface area contributed by atoms with E-state index < -0.39 is 0 Å². The van der Waals surface area contributed by atoms with Crippen LogP contribution in [0, 0.1) is 6.92 Å². The van der Waals surface area contributed by atoms with Gasteiger partial charge in [0.25, 0.3) is 5.91 Å². The summed E-state index contributed by atoms with van der Waals surface area (Å²) in [6.45, 7) is 13.3. The maximum absolute atomic E-state index is 12.3. The van der Waals surface area contributed by atoms with Crippen LogP contribution in [0.25, 0.3) is 0 Å². The lowest BCUT2D eigenvalue weighted by Crippen LogP contribution is -2.47. The minimum Gasteiger partial charge on any atom is -0.347 e. The van der Waals surface area contributed by atoms with Gasteiger partial charge in [0.15, 0.2) is 5.69 Å². The third-order valence-electron chi connectivity index (χ3n) is 3.66. The van der Waals surface area contributed by atoms with Crippen molar-refractivity contribution in [2.24, 2.45) is 7.05 Å². The Morgan fingerprint density at radius 1 is 1.29 bits per heavy atom. The number of nitrogens with zero attached hydrogens (tertiary/aromatic N) is 3. The molecule has 0 bridgehead atoms. The molecule has 0 radical (unpaired) electrons. The molecule has 0 saturated heterocycles. The molecule has 1 N–H and O–H groups in total. The fourth-order valence-electron chi connectivity index (χ4n) is 2.40. The highest BCUT2D eigenvalue weighted by Gasteiger charge is 2.22. The van der Waals surface area contributed by atoms with Gasteiger partial charge < -0.3 is 5.32 Å². The first-order valence-corrected chi connectivity index (χ1v) is 7.78. The zero-order valence-corrected chi connectivity index (χ0v) is 14.8. The Bertz CT molecular complexity index is 488. The lowest BCUT2D eigenvalue weighted by Gasteiger charge is -2.33. The fourth-order valence-corrected chi connectivity index (χ4v) is 2.65. The zero-order valence-electron chi connectivity index (χ0n) is 14.1. The Morgan fingerprint density at radius 3 is 2.19 bits per heavy atom. The summed E-state index contributed by atoms with van der Waals surface area (Å²) < 4.78 is 1.62. The standard InChI is InChI=1S/C15H27ClN4O/c1-9(2)20(10(3)4)8-11(5)17-15(21)14-13(16)12(6)19(7)18-14/h9-11H,8H2,1-7H3,(H,17,21)/t11-/m1/s1. The normalized spacial score (nSPS) is 13.3. The van der Waals surface area contributed by atoms with Gasteiger partial charge >= 0.3 is 0 Å². The minimum absolute atomic E-state index is 0.0284. The third kappa shape index (κ3) is 4.45. The van der Waals surface area contributed by atoms with Gasteiger partial charge in [-0.3, -0.25) is 14.4 Å². The van der Waals surface area contributed by atoms with E-state index in [4.69, 9.17) is 11.6 Å². The first kappa shape index (κ1) is 18.0. The summed E-state index contributed by atoms with van der Waals surface area (Å²) in [5.74, 6) is -0.219. The van der Waals surface area contributed by atoms with E-state index in [9.17, 15) is 4.79 Å². The van der Waals surface area contributed by atoms with E-state index in [1.54, 1.807) is 11.7 Å². The summed E-state index contributed by atoms with van der Waals surface area (Å²) in [5.41, 5.74) is 1.09. The summed E-state index contributed by atoms with van der Waals surface area (Å²) >= 11 is 6.14. The number of aryl methyl sites for hydroxylation is 1. The van der Waals surface area contributed by atoms with E-state index in [1.807, 2.05) is 13.8 Å². The van der Waals surface area contributed by atoms with Crippen LogP contribution in [0.2, 0.25) is 5.02 Å². The lowest BCUT2D eigenvalue weighted by molar-refractivity contribution is 0.0905. The zero-order chi connectivity index (χ0) is 16.3. The molecule has 5 nitrogen and oxygen atoms in total. The summed E-state index contributed by atoms with van der Waals surface area (Å²) in [5, 5.41) is 7.57. The summed E-state index contributed by atoms with van der Waals surface area (Å²) in [6.07, 6.45) is 0. The molecule has 1 heterocycles. The van der Waals surface area contributed by atoms with Crippen molar-refractivity contribution >= 4 is 17.5 Å². The highest BCUT2D eigenvalue weighted by Crippen LogP contribution is 2.19. The van der Waals surface area contributed by atoms with Crippen molar-refractivity contribution in [1.29, 1.82) is 0 Å². The number of nitrogens with one attached hydrogen (secondary N) is 1. The second-order valence-electron chi connectivity index (χ2n) is 6.13. The first-order valence-electron chi connectivity index (χ1n) is 7.40. The number of carbonyl (C=O) groups excluding carboxylic acids is 1. The van der Waals surface area contributed by atoms with Crippen LogP contribution in [0.3, 0.4) is 0 Å². The Hall–Kier alpha value is -1.07. The molecule has 1 amide bonds. The first-order chi connectivity index (χ1) is 9.65. The van der Waals surface area contributed by atoms with Gasteiger partial charge in [0.1, 0.15) is 0 Å². The van der Waals surface area contributed by atoms with E-state index >= 15 is 0 Å². The molecule has 6 heteroatoms. The molecule has 120 valence electrons. The van der Waals surface area contributed by atoms with E-state index in [0.29, 0.717) is 22.8 Å². The van der Waals surface area contributed by atoms with Gasteiger partial charge in [-0.1, -0.05) is 11.6 Å². The topological polar surface area (TPSA) is 50.2 Å². The number of hydrogen-bond acceptors (Lipinski definition) is 3. The predicted molar refractivity (Wildman–Crippen MR) is 86.9 cm³/mol. The number of amides is 1. The minimum atomic E-state index is -0.219. The molecular weight excluding hydrogens is 288 g/mol. The van der Waals surface area contributed by atoms with Gasteiger partial charge in [0.2, 0.25) is 0 Å². The third-order valence-corrected chi connectivity index (χ3v) is 4.12. The Kier molecular flexibility index (Phi) is 6.23. The molecule has 1 aromatic heterocycles. The number of hydrogen-bond donors (Lipinski definition) is 1. The predicted octanol–water partition coefficient (Wildman–Crippen LogP) is 2.62. The molecule has 0 unspecified atom stereocenters. The Balaban J connectivity index is 2.72. The molecule has 1 rings (SSSR count). The molecular formula is C15H27ClN4O. The van der Waals surface area contributed by atoms with Crippen LogP contribution in [-0.4, -0.2) is 45.3 Å². The number of aromatic nitrogens is 2. The lowest BCUT2D eigenvalue weighted by atomic mass is 10.2. The van der Waals surface area contributed by atoms with Crippen molar-refractivity contribution in [2.75, 3.05) is 6.54 Å². The maximum Gasteiger partial charge on any atom is 0.273 e. The molecule has 0 saturated carbocycles. The van der Waals surface area contributed by atoms with Crippen LogP contribution in [0.4, 0.5) is 0 Å². The van der Waals surface area contributed by atoms with E-state index in [2.05, 4.69) is 43.0 Å². The smallest absolute Gasteiger partial charge is 0.273 e. The average molecular weight is 315 g/mol. The van der Waals surface area contributed by atoms with Gasteiger partial charge in [0, 0.05) is 31.7 Å². The van der Waals surface area contributed by atoms with Crippen LogP contribution < -0.4 is 5.32 Å². The van der Waals surface area contributed by atoms with Gasteiger partial charge in [0.05, 0.1) is 10.7 Å². The molecule has 1 aromatic rings. The molecule has 0 fully saturated rings. The Morgan fingerprint density at radius 2 is 1.81 bits per heavy atom. The summed E-state index contributed by atoms with van der Waals surface area (Å²) in [7, 11) is 1.78. The second-order valence-corrected chi connectivity index (χ2v) is 6.51. The second kappa shape index (κ2) is 7.27. The van der Waals surface area contributed by atoms with Crippen LogP contribution in [0.15, 0.2) is 0 Å². The van der Waals surface area contributed by atoms with Crippen molar-refractivity contribution in [2.45, 2.75) is 59.7 Å². The molecule has 0 aliphatic rings. The fraction of sp³-hybridized carbons (Fsp3) is 0.733. The van der Waals surface area contributed by atoms with Gasteiger partial charge in [-0.2, -0.15) is 5.10 Å². The van der Waals surface area contributed by atoms with Crippen molar-refractivity contribution in [3.63, 3.8) is 0 Å². The van der Waals surface area contributed by atoms with Gasteiger partial charge in [-0.05, 0) is 41.5 Å². The highest BCUT2D eigenvalue weighted by molar-refractivity contribution is 6.34. The van der Waals surface area contributed by atoms with Crippen molar-refractivity contribution in [3.8, 4) is 0 Å². The number of carbonyl (C=O) groups is 1. The molecule has 0 aromatic carbocycles. The Labute approximate surface area is 132 Å². The summed E-state index contributed by atoms with van der Waals surface area (Å²) in [6, 6.07) is 0.899. The monoisotopic (exact) mass is 314 g/mol. The van der Waals surface area contributed by atoms with Crippen LogP contribution >= 0.6 is 11.6 Å². The summed E-state index contributed by atoms with van der Waals surface area (Å²) in [4.78, 5) is 14.6. The van der Waals surface area contributed by atoms with Crippen molar-refractivity contribution in [1.82, 2.24) is 20.0 Å². The molecule has 21 heavy (non-hydrogen) atoms. The SMILES string of the molecule is Cc1c(Cl)c(C(=O)N[C@H](C)CN(C(C)C)C(C)C)nn1C. The van der Waals surface area contributed by atoms with E-state index in [1.165, 1.54) is 0 Å². The van der Waals surface area contributed by atoms with Crippen LogP contribution in [-0.2, 0) is 7.05 Å². The molecule has 1 atom stereocenters.